The van der Waals surface area contributed by atoms with E-state index in [4.69, 9.17) is 0 Å². The lowest BCUT2D eigenvalue weighted by molar-refractivity contribution is -0.383. The van der Waals surface area contributed by atoms with Gasteiger partial charge in [-0.05, 0) is 29.3 Å². The van der Waals surface area contributed by atoms with Crippen molar-refractivity contribution in [2.45, 2.75) is 0 Å². The standard InChI is InChI=1S/C18H11NO2S/c20-19(21)15-7-4-8-17-18(15)14-11-13(9-10-16(14)22-17)12-5-2-1-3-6-12/h1-11H. The van der Waals surface area contributed by atoms with E-state index in [2.05, 4.69) is 12.1 Å². The second-order valence-electron chi connectivity index (χ2n) is 5.09. The molecule has 0 amide bonds. The minimum atomic E-state index is -0.302. The lowest BCUT2D eigenvalue weighted by atomic mass is 10.0. The highest BCUT2D eigenvalue weighted by Crippen LogP contribution is 2.40. The average Bonchev–Trinajstić information content (AvgIpc) is 2.93. The molecule has 0 spiro atoms. The summed E-state index contributed by atoms with van der Waals surface area (Å²) in [6.45, 7) is 0. The van der Waals surface area contributed by atoms with Gasteiger partial charge in [-0.3, -0.25) is 10.1 Å². The fourth-order valence-corrected chi connectivity index (χ4v) is 3.88. The Morgan fingerprint density at radius 2 is 1.64 bits per heavy atom. The summed E-state index contributed by atoms with van der Waals surface area (Å²) in [6.07, 6.45) is 0. The van der Waals surface area contributed by atoms with Gasteiger partial charge < -0.3 is 0 Å². The third-order valence-electron chi connectivity index (χ3n) is 3.78. The van der Waals surface area contributed by atoms with E-state index in [1.54, 1.807) is 23.5 Å². The number of hydrogen-bond donors (Lipinski definition) is 0. The largest absolute Gasteiger partial charge is 0.278 e. The summed E-state index contributed by atoms with van der Waals surface area (Å²) < 4.78 is 2.03. The topological polar surface area (TPSA) is 43.1 Å². The van der Waals surface area contributed by atoms with Crippen molar-refractivity contribution in [2.75, 3.05) is 0 Å². The number of nitro groups is 1. The number of fused-ring (bicyclic) bond motifs is 3. The monoisotopic (exact) mass is 305 g/mol. The summed E-state index contributed by atoms with van der Waals surface area (Å²) in [5.41, 5.74) is 2.36. The van der Waals surface area contributed by atoms with Gasteiger partial charge in [0.05, 0.1) is 10.3 Å². The van der Waals surface area contributed by atoms with E-state index in [-0.39, 0.29) is 10.6 Å². The van der Waals surface area contributed by atoms with Crippen molar-refractivity contribution in [3.05, 3.63) is 76.8 Å². The molecule has 4 heteroatoms. The zero-order chi connectivity index (χ0) is 15.1. The smallest absolute Gasteiger partial charge is 0.258 e. The highest BCUT2D eigenvalue weighted by atomic mass is 32.1. The molecule has 0 N–H and O–H groups in total. The Bertz CT molecular complexity index is 1010. The van der Waals surface area contributed by atoms with Gasteiger partial charge in [0.15, 0.2) is 0 Å². The van der Waals surface area contributed by atoms with Crippen molar-refractivity contribution in [3.63, 3.8) is 0 Å². The molecule has 106 valence electrons. The quantitative estimate of drug-likeness (QED) is 0.356. The summed E-state index contributed by atoms with van der Waals surface area (Å²) in [5, 5.41) is 13.0. The van der Waals surface area contributed by atoms with Gasteiger partial charge in [0, 0.05) is 20.9 Å². The average molecular weight is 305 g/mol. The Morgan fingerprint density at radius 3 is 2.41 bits per heavy atom. The lowest BCUT2D eigenvalue weighted by Crippen LogP contribution is -1.87. The second kappa shape index (κ2) is 4.93. The van der Waals surface area contributed by atoms with E-state index in [1.807, 2.05) is 42.5 Å². The van der Waals surface area contributed by atoms with Crippen LogP contribution in [0, 0.1) is 10.1 Å². The first kappa shape index (κ1) is 13.0. The van der Waals surface area contributed by atoms with E-state index in [0.717, 1.165) is 31.3 Å². The summed E-state index contributed by atoms with van der Waals surface area (Å²) >= 11 is 1.59. The Labute approximate surface area is 130 Å². The first-order chi connectivity index (χ1) is 10.7. The molecule has 0 fully saturated rings. The molecule has 0 atom stereocenters. The Hall–Kier alpha value is -2.72. The molecule has 0 bridgehead atoms. The van der Waals surface area contributed by atoms with Crippen molar-refractivity contribution in [3.8, 4) is 11.1 Å². The van der Waals surface area contributed by atoms with Crippen LogP contribution in [0.1, 0.15) is 0 Å². The van der Waals surface area contributed by atoms with Gasteiger partial charge >= 0.3 is 0 Å². The zero-order valence-electron chi connectivity index (χ0n) is 11.5. The molecule has 0 aliphatic rings. The number of rotatable bonds is 2. The van der Waals surface area contributed by atoms with Crippen molar-refractivity contribution in [1.82, 2.24) is 0 Å². The summed E-state index contributed by atoms with van der Waals surface area (Å²) in [4.78, 5) is 11.0. The maximum Gasteiger partial charge on any atom is 0.278 e. The second-order valence-corrected chi connectivity index (χ2v) is 6.17. The number of thiophene rings is 1. The highest BCUT2D eigenvalue weighted by Gasteiger charge is 2.17. The fourth-order valence-electron chi connectivity index (χ4n) is 2.77. The van der Waals surface area contributed by atoms with E-state index in [1.165, 1.54) is 0 Å². The van der Waals surface area contributed by atoms with Crippen LogP contribution in [0.15, 0.2) is 66.7 Å². The molecule has 4 rings (SSSR count). The first-order valence-corrected chi connectivity index (χ1v) is 7.71. The van der Waals surface area contributed by atoms with Gasteiger partial charge in [0.2, 0.25) is 0 Å². The van der Waals surface area contributed by atoms with E-state index in [9.17, 15) is 10.1 Å². The molecule has 1 heterocycles. The number of hydrogen-bond acceptors (Lipinski definition) is 3. The molecule has 0 aliphatic carbocycles. The molecule has 0 saturated carbocycles. The van der Waals surface area contributed by atoms with Gasteiger partial charge in [-0.2, -0.15) is 0 Å². The van der Waals surface area contributed by atoms with Crippen LogP contribution in [0.2, 0.25) is 0 Å². The summed E-state index contributed by atoms with van der Waals surface area (Å²) in [5.74, 6) is 0. The van der Waals surface area contributed by atoms with Crippen LogP contribution in [0.5, 0.6) is 0 Å². The molecule has 0 saturated heterocycles. The van der Waals surface area contributed by atoms with Crippen LogP contribution in [0.3, 0.4) is 0 Å². The molecule has 22 heavy (non-hydrogen) atoms. The van der Waals surface area contributed by atoms with Crippen LogP contribution < -0.4 is 0 Å². The van der Waals surface area contributed by atoms with Crippen molar-refractivity contribution >= 4 is 37.2 Å². The van der Waals surface area contributed by atoms with Crippen molar-refractivity contribution < 1.29 is 4.92 Å². The molecular formula is C18H11NO2S. The molecule has 0 radical (unpaired) electrons. The number of nitro benzene ring substituents is 1. The van der Waals surface area contributed by atoms with Crippen LogP contribution >= 0.6 is 11.3 Å². The molecule has 3 nitrogen and oxygen atoms in total. The van der Waals surface area contributed by atoms with Crippen LogP contribution in [0.25, 0.3) is 31.3 Å². The lowest BCUT2D eigenvalue weighted by Gasteiger charge is -2.02. The van der Waals surface area contributed by atoms with Crippen molar-refractivity contribution in [1.29, 1.82) is 0 Å². The summed E-state index contributed by atoms with van der Waals surface area (Å²) in [7, 11) is 0. The Balaban J connectivity index is 2.06. The van der Waals surface area contributed by atoms with Gasteiger partial charge in [-0.25, -0.2) is 0 Å². The predicted molar refractivity (Wildman–Crippen MR) is 91.4 cm³/mol. The maximum absolute atomic E-state index is 11.3. The van der Waals surface area contributed by atoms with Crippen LogP contribution in [-0.4, -0.2) is 4.92 Å². The Morgan fingerprint density at radius 1 is 0.818 bits per heavy atom. The SMILES string of the molecule is O=[N+]([O-])c1cccc2sc3ccc(-c4ccccc4)cc3c12. The molecule has 0 unspecified atom stereocenters. The van der Waals surface area contributed by atoms with E-state index >= 15 is 0 Å². The highest BCUT2D eigenvalue weighted by molar-refractivity contribution is 7.25. The number of nitrogens with zero attached hydrogens (tertiary/aromatic N) is 1. The van der Waals surface area contributed by atoms with Crippen molar-refractivity contribution in [2.24, 2.45) is 0 Å². The van der Waals surface area contributed by atoms with E-state index < -0.39 is 0 Å². The third-order valence-corrected chi connectivity index (χ3v) is 4.91. The first-order valence-electron chi connectivity index (χ1n) is 6.89. The normalized spacial score (nSPS) is 11.1. The van der Waals surface area contributed by atoms with Gasteiger partial charge in [0.25, 0.3) is 5.69 Å². The van der Waals surface area contributed by atoms with Gasteiger partial charge in [0.1, 0.15) is 0 Å². The third kappa shape index (κ3) is 1.96. The maximum atomic E-state index is 11.3. The Kier molecular flexibility index (Phi) is 2.91. The predicted octanol–water partition coefficient (Wildman–Crippen LogP) is 5.63. The molecule has 0 aliphatic heterocycles. The van der Waals surface area contributed by atoms with Crippen LogP contribution in [0.4, 0.5) is 5.69 Å². The summed E-state index contributed by atoms with van der Waals surface area (Å²) in [6, 6.07) is 21.5. The van der Waals surface area contributed by atoms with Gasteiger partial charge in [-0.15, -0.1) is 11.3 Å². The zero-order valence-corrected chi connectivity index (χ0v) is 12.3. The fraction of sp³-hybridized carbons (Fsp3) is 0. The molecule has 4 aromatic rings. The molecule has 1 aromatic heterocycles. The number of benzene rings is 3. The molecular weight excluding hydrogens is 294 g/mol. The number of non-ortho nitro benzene ring substituents is 1. The van der Waals surface area contributed by atoms with E-state index in [0.29, 0.717) is 0 Å². The minimum absolute atomic E-state index is 0.175. The minimum Gasteiger partial charge on any atom is -0.258 e. The van der Waals surface area contributed by atoms with Gasteiger partial charge in [-0.1, -0.05) is 42.5 Å². The van der Waals surface area contributed by atoms with Crippen LogP contribution in [-0.2, 0) is 0 Å². The molecule has 3 aromatic carbocycles.